The van der Waals surface area contributed by atoms with E-state index < -0.39 is 84.4 Å². The molecule has 226 valence electrons. The van der Waals surface area contributed by atoms with E-state index in [1.54, 1.807) is 18.2 Å². The summed E-state index contributed by atoms with van der Waals surface area (Å²) in [5, 5.41) is 44.2. The van der Waals surface area contributed by atoms with Gasteiger partial charge in [0.25, 0.3) is 11.5 Å². The van der Waals surface area contributed by atoms with E-state index in [2.05, 4.69) is 5.32 Å². The van der Waals surface area contributed by atoms with Gasteiger partial charge >= 0.3 is 5.69 Å². The van der Waals surface area contributed by atoms with Gasteiger partial charge in [-0.15, -0.1) is 0 Å². The minimum Gasteiger partial charge on any atom is -0.456 e. The minimum atomic E-state index is -1.83. The van der Waals surface area contributed by atoms with Gasteiger partial charge in [0.2, 0.25) is 19.0 Å². The molecule has 2 aromatic rings. The molecule has 8 atom stereocenters. The number of aliphatic hydroxyl groups excluding tert-OH is 4. The van der Waals surface area contributed by atoms with E-state index in [0.717, 1.165) is 22.9 Å². The average molecular weight is 593 g/mol. The van der Waals surface area contributed by atoms with Gasteiger partial charge in [0.15, 0.2) is 29.6 Å². The largest absolute Gasteiger partial charge is 0.456 e. The zero-order valence-electron chi connectivity index (χ0n) is 21.7. The summed E-state index contributed by atoms with van der Waals surface area (Å²) in [6.07, 6.45) is -9.65. The van der Waals surface area contributed by atoms with Gasteiger partial charge in [-0.25, -0.2) is 4.79 Å². The predicted molar refractivity (Wildman–Crippen MR) is 135 cm³/mol. The molecule has 0 aliphatic carbocycles. The number of nitrogens with one attached hydrogen (secondary N) is 2. The molecule has 1 aromatic carbocycles. The first-order valence-electron chi connectivity index (χ1n) is 12.7. The number of H-pyrrole nitrogens is 1. The molecule has 0 radical (unpaired) electrons. The maximum atomic E-state index is 12.8. The molecule has 0 spiro atoms. The fourth-order valence-corrected chi connectivity index (χ4v) is 4.77. The number of rotatable bonds is 9. The summed E-state index contributed by atoms with van der Waals surface area (Å²) in [6, 6.07) is 6.05. The molecule has 3 aliphatic rings. The van der Waals surface area contributed by atoms with E-state index >= 15 is 0 Å². The second-order valence-corrected chi connectivity index (χ2v) is 9.67. The maximum Gasteiger partial charge on any atom is 0.330 e. The topological polar surface area (TPSA) is 254 Å². The molecule has 42 heavy (non-hydrogen) atoms. The van der Waals surface area contributed by atoms with E-state index in [1.165, 1.54) is 0 Å². The summed E-state index contributed by atoms with van der Waals surface area (Å²) in [5.74, 6) is -2.58. The number of hydrogen-bond acceptors (Lipinski definition) is 13. The molecule has 0 saturated carbocycles. The normalized spacial score (nSPS) is 29.0. The lowest BCUT2D eigenvalue weighted by Crippen LogP contribution is -2.53. The molecular weight excluding hydrogens is 564 g/mol. The van der Waals surface area contributed by atoms with E-state index in [9.17, 15) is 39.6 Å². The Morgan fingerprint density at radius 1 is 1.14 bits per heavy atom. The minimum absolute atomic E-state index is 0.0295. The van der Waals surface area contributed by atoms with E-state index in [0.29, 0.717) is 17.1 Å². The van der Waals surface area contributed by atoms with Gasteiger partial charge in [0.1, 0.15) is 24.4 Å². The van der Waals surface area contributed by atoms with Crippen LogP contribution in [0.1, 0.15) is 11.8 Å². The first-order chi connectivity index (χ1) is 20.1. The number of amides is 2. The number of hydrogen-bond donors (Lipinski definition) is 7. The Bertz CT molecular complexity index is 1490. The van der Waals surface area contributed by atoms with Crippen LogP contribution in [0.4, 0.5) is 0 Å². The summed E-state index contributed by atoms with van der Waals surface area (Å²) in [6.45, 7) is -0.643. The van der Waals surface area contributed by atoms with Crippen LogP contribution in [0.25, 0.3) is 0 Å². The summed E-state index contributed by atoms with van der Waals surface area (Å²) >= 11 is 0. The highest BCUT2D eigenvalue weighted by molar-refractivity contribution is 5.91. The Hall–Kier alpha value is -4.26. The van der Waals surface area contributed by atoms with Gasteiger partial charge in [-0.05, 0) is 23.8 Å². The first kappa shape index (κ1) is 29.2. The van der Waals surface area contributed by atoms with E-state index in [-0.39, 0.29) is 13.3 Å². The molecule has 1 aromatic heterocycles. The third-order valence-electron chi connectivity index (χ3n) is 6.95. The highest BCUT2D eigenvalue weighted by atomic mass is 16.7. The summed E-state index contributed by atoms with van der Waals surface area (Å²) in [5.41, 5.74) is 4.54. The van der Waals surface area contributed by atoms with Gasteiger partial charge in [-0.1, -0.05) is 6.07 Å². The molecular formula is C25H28N4O13. The Balaban J connectivity index is 1.29. The van der Waals surface area contributed by atoms with Crippen LogP contribution < -0.4 is 31.8 Å². The summed E-state index contributed by atoms with van der Waals surface area (Å²) in [7, 11) is 0. The Morgan fingerprint density at radius 3 is 2.62 bits per heavy atom. The Kier molecular flexibility index (Phi) is 8.30. The zero-order valence-corrected chi connectivity index (χ0v) is 21.7. The van der Waals surface area contributed by atoms with Crippen molar-refractivity contribution in [3.63, 3.8) is 0 Å². The quantitative estimate of drug-likeness (QED) is 0.148. The maximum absolute atomic E-state index is 12.8. The van der Waals surface area contributed by atoms with Crippen molar-refractivity contribution in [1.82, 2.24) is 14.9 Å². The second kappa shape index (κ2) is 11.9. The number of primary amides is 1. The Morgan fingerprint density at radius 2 is 1.90 bits per heavy atom. The van der Waals surface area contributed by atoms with Crippen LogP contribution in [-0.4, -0.2) is 92.0 Å². The van der Waals surface area contributed by atoms with Gasteiger partial charge < -0.3 is 55.2 Å². The molecule has 8 N–H and O–H groups in total. The van der Waals surface area contributed by atoms with Crippen LogP contribution in [0.3, 0.4) is 0 Å². The fraction of sp³-hybridized carbons (Fsp3) is 0.440. The number of nitrogens with two attached hydrogens (primary N) is 1. The lowest BCUT2D eigenvalue weighted by atomic mass is 9.94. The summed E-state index contributed by atoms with van der Waals surface area (Å²) < 4.78 is 28.1. The lowest BCUT2D eigenvalue weighted by Gasteiger charge is -2.35. The number of benzene rings is 1. The van der Waals surface area contributed by atoms with E-state index in [1.807, 2.05) is 4.98 Å². The molecule has 17 heteroatoms. The number of ether oxygens (including phenoxy) is 5. The molecule has 17 nitrogen and oxygen atoms in total. The number of aliphatic hydroxyl groups is 4. The second-order valence-electron chi connectivity index (χ2n) is 9.67. The molecule has 0 unspecified atom stereocenters. The molecule has 3 aliphatic heterocycles. The van der Waals surface area contributed by atoms with Crippen LogP contribution in [0.5, 0.6) is 11.5 Å². The standard InChI is InChI=1S/C25H28N4O13/c26-21(35)20(19-11(8-30)17(33)23(41-19)29-4-3-16(32)28-25(29)37)42-24-18(34)12(31)6-15(40-24)22(36)27-7-10-1-2-13-14(5-10)39-9-38-13/h1-6,11-12,17-20,23-24,30-31,33-34H,7-9H2,(H2,26,35)(H,27,36)(H,28,32,37)/t11-,12-,17+,18-,19-,20+,23+,24+/m0/s1. The zero-order chi connectivity index (χ0) is 30.1. The molecule has 0 bridgehead atoms. The number of carbonyl (C=O) groups is 2. The molecule has 4 heterocycles. The van der Waals surface area contributed by atoms with Gasteiger partial charge in [-0.2, -0.15) is 0 Å². The smallest absolute Gasteiger partial charge is 0.330 e. The van der Waals surface area contributed by atoms with Crippen LogP contribution >= 0.6 is 0 Å². The lowest BCUT2D eigenvalue weighted by molar-refractivity contribution is -0.239. The van der Waals surface area contributed by atoms with Crippen molar-refractivity contribution >= 4 is 11.8 Å². The Labute approximate surface area is 235 Å². The van der Waals surface area contributed by atoms with Crippen molar-refractivity contribution in [2.24, 2.45) is 11.7 Å². The molecule has 1 saturated heterocycles. The van der Waals surface area contributed by atoms with Gasteiger partial charge in [0, 0.05) is 24.7 Å². The van der Waals surface area contributed by atoms with Crippen molar-refractivity contribution in [3.05, 3.63) is 68.7 Å². The monoisotopic (exact) mass is 592 g/mol. The van der Waals surface area contributed by atoms with Crippen molar-refractivity contribution in [2.45, 2.75) is 49.6 Å². The highest BCUT2D eigenvalue weighted by Crippen LogP contribution is 2.37. The number of carbonyl (C=O) groups excluding carboxylic acids is 2. The van der Waals surface area contributed by atoms with E-state index in [4.69, 9.17) is 29.4 Å². The molecule has 5 rings (SSSR count). The third-order valence-corrected chi connectivity index (χ3v) is 6.95. The van der Waals surface area contributed by atoms with Crippen molar-refractivity contribution in [1.29, 1.82) is 0 Å². The predicted octanol–water partition coefficient (Wildman–Crippen LogP) is -3.72. The van der Waals surface area contributed by atoms with Crippen LogP contribution in [0.2, 0.25) is 0 Å². The summed E-state index contributed by atoms with van der Waals surface area (Å²) in [4.78, 5) is 51.0. The number of aromatic nitrogens is 2. The van der Waals surface area contributed by atoms with Crippen molar-refractivity contribution in [3.8, 4) is 11.5 Å². The fourth-order valence-electron chi connectivity index (χ4n) is 4.77. The molecule has 1 fully saturated rings. The number of fused-ring (bicyclic) bond motifs is 1. The molecule has 2 amide bonds. The third kappa shape index (κ3) is 5.73. The van der Waals surface area contributed by atoms with Crippen molar-refractivity contribution in [2.75, 3.05) is 13.4 Å². The van der Waals surface area contributed by atoms with Crippen LogP contribution in [0.15, 0.2) is 51.9 Å². The number of aromatic amines is 1. The van der Waals surface area contributed by atoms with Crippen LogP contribution in [-0.2, 0) is 30.3 Å². The van der Waals surface area contributed by atoms with Gasteiger partial charge in [-0.3, -0.25) is 23.9 Å². The highest BCUT2D eigenvalue weighted by Gasteiger charge is 2.51. The van der Waals surface area contributed by atoms with Crippen LogP contribution in [0, 0.1) is 5.92 Å². The van der Waals surface area contributed by atoms with Crippen molar-refractivity contribution < 1.29 is 53.7 Å². The average Bonchev–Trinajstić information content (AvgIpc) is 3.55. The number of nitrogens with zero attached hydrogens (tertiary/aromatic N) is 1. The first-order valence-corrected chi connectivity index (χ1v) is 12.7. The SMILES string of the molecule is NC(=O)[C@H](O[C@H]1OC(C(=O)NCc2ccc3c(c2)OCO3)=C[C@H](O)[C@@H]1O)[C@H]1O[C@@H](n2ccc(=O)[nH]c2=O)[C@H](O)[C@@H]1CO. The van der Waals surface area contributed by atoms with Gasteiger partial charge in [0.05, 0.1) is 6.61 Å².